The fraction of sp³-hybridized carbons (Fsp3) is 0.0625. The molecular formula is C16H11NO. The van der Waals surface area contributed by atoms with Crippen molar-refractivity contribution in [1.82, 2.24) is 4.98 Å². The molecule has 2 nitrogen and oxygen atoms in total. The van der Waals surface area contributed by atoms with E-state index in [0.29, 0.717) is 0 Å². The highest BCUT2D eigenvalue weighted by molar-refractivity contribution is 5.85. The van der Waals surface area contributed by atoms with Crippen molar-refractivity contribution < 1.29 is 5.11 Å². The molecule has 0 saturated heterocycles. The molecule has 0 spiro atoms. The van der Waals surface area contributed by atoms with Crippen molar-refractivity contribution in [3.8, 4) is 22.5 Å². The number of aromatic nitrogens is 1. The van der Waals surface area contributed by atoms with Crippen LogP contribution in [0.1, 0.15) is 17.2 Å². The van der Waals surface area contributed by atoms with E-state index < -0.39 is 6.10 Å². The van der Waals surface area contributed by atoms with Gasteiger partial charge in [-0.15, -0.1) is 0 Å². The van der Waals surface area contributed by atoms with Crippen molar-refractivity contribution >= 4 is 0 Å². The minimum absolute atomic E-state index is 0.552. The third-order valence-electron chi connectivity index (χ3n) is 3.58. The molecule has 0 fully saturated rings. The van der Waals surface area contributed by atoms with Crippen molar-refractivity contribution in [2.75, 3.05) is 0 Å². The molecule has 0 bridgehead atoms. The summed E-state index contributed by atoms with van der Waals surface area (Å²) in [5, 5.41) is 10.5. The van der Waals surface area contributed by atoms with Gasteiger partial charge in [0.1, 0.15) is 6.10 Å². The Morgan fingerprint density at radius 2 is 1.56 bits per heavy atom. The Kier molecular flexibility index (Phi) is 1.85. The number of benzene rings is 1. The van der Waals surface area contributed by atoms with Crippen LogP contribution in [0.5, 0.6) is 0 Å². The number of hydrogen-bond acceptors (Lipinski definition) is 2. The fourth-order valence-corrected chi connectivity index (χ4v) is 2.76. The maximum Gasteiger partial charge on any atom is 0.107 e. The Morgan fingerprint density at radius 1 is 0.833 bits per heavy atom. The third kappa shape index (κ3) is 1.13. The molecule has 1 N–H and O–H groups in total. The van der Waals surface area contributed by atoms with E-state index in [2.05, 4.69) is 4.98 Å². The standard InChI is InChI=1S/C16H11NO/c18-16-11-7-5-4-6-10(11)15-14(16)12-8-2-1-3-9-13(12)17-15/h1-9,16,18H. The van der Waals surface area contributed by atoms with Crippen LogP contribution in [0, 0.1) is 0 Å². The average Bonchev–Trinajstić information content (AvgIpc) is 2.78. The lowest BCUT2D eigenvalue weighted by molar-refractivity contribution is 0.226. The largest absolute Gasteiger partial charge is 0.384 e. The average molecular weight is 233 g/mol. The van der Waals surface area contributed by atoms with Gasteiger partial charge in [0.2, 0.25) is 0 Å². The maximum atomic E-state index is 10.5. The Morgan fingerprint density at radius 3 is 2.50 bits per heavy atom. The Labute approximate surface area is 105 Å². The number of aliphatic hydroxyl groups is 1. The summed E-state index contributed by atoms with van der Waals surface area (Å²) in [6, 6.07) is 17.9. The van der Waals surface area contributed by atoms with E-state index in [1.54, 1.807) is 0 Å². The van der Waals surface area contributed by atoms with Crippen LogP contribution < -0.4 is 0 Å². The summed E-state index contributed by atoms with van der Waals surface area (Å²) >= 11 is 0. The number of rotatable bonds is 0. The van der Waals surface area contributed by atoms with Gasteiger partial charge in [0, 0.05) is 16.7 Å². The van der Waals surface area contributed by atoms with E-state index >= 15 is 0 Å². The van der Waals surface area contributed by atoms with E-state index in [1.165, 1.54) is 0 Å². The lowest BCUT2D eigenvalue weighted by Gasteiger charge is -2.06. The third-order valence-corrected chi connectivity index (χ3v) is 3.58. The van der Waals surface area contributed by atoms with Crippen LogP contribution >= 0.6 is 0 Å². The minimum Gasteiger partial charge on any atom is -0.384 e. The number of nitrogens with zero attached hydrogens (tertiary/aromatic N) is 1. The van der Waals surface area contributed by atoms with Crippen LogP contribution in [0.4, 0.5) is 0 Å². The molecule has 1 unspecified atom stereocenters. The topological polar surface area (TPSA) is 33.1 Å². The fourth-order valence-electron chi connectivity index (χ4n) is 2.76. The Bertz CT molecular complexity index is 720. The van der Waals surface area contributed by atoms with Gasteiger partial charge in [-0.1, -0.05) is 48.5 Å². The molecule has 1 aliphatic heterocycles. The van der Waals surface area contributed by atoms with Gasteiger partial charge in [0.05, 0.1) is 11.4 Å². The van der Waals surface area contributed by atoms with Crippen LogP contribution in [-0.4, -0.2) is 10.1 Å². The van der Waals surface area contributed by atoms with Crippen molar-refractivity contribution in [1.29, 1.82) is 0 Å². The van der Waals surface area contributed by atoms with E-state index in [1.807, 2.05) is 54.6 Å². The first-order valence-corrected chi connectivity index (χ1v) is 6.02. The molecule has 0 amide bonds. The van der Waals surface area contributed by atoms with Crippen LogP contribution in [-0.2, 0) is 0 Å². The number of aliphatic hydroxyl groups excluding tert-OH is 1. The van der Waals surface area contributed by atoms with E-state index in [-0.39, 0.29) is 0 Å². The van der Waals surface area contributed by atoms with Gasteiger partial charge in [-0.25, -0.2) is 4.98 Å². The highest BCUT2D eigenvalue weighted by atomic mass is 16.3. The maximum absolute atomic E-state index is 10.5. The molecule has 0 radical (unpaired) electrons. The minimum atomic E-state index is -0.552. The van der Waals surface area contributed by atoms with Crippen molar-refractivity contribution in [3.05, 3.63) is 65.7 Å². The molecule has 1 heterocycles. The zero-order valence-electron chi connectivity index (χ0n) is 9.67. The summed E-state index contributed by atoms with van der Waals surface area (Å²) in [5.74, 6) is 0. The molecule has 1 atom stereocenters. The molecule has 86 valence electrons. The lowest BCUT2D eigenvalue weighted by Crippen LogP contribution is -1.94. The van der Waals surface area contributed by atoms with Gasteiger partial charge in [0.15, 0.2) is 0 Å². The zero-order valence-corrected chi connectivity index (χ0v) is 9.67. The molecule has 4 rings (SSSR count). The molecule has 0 aromatic heterocycles. The van der Waals surface area contributed by atoms with Crippen LogP contribution in [0.3, 0.4) is 0 Å². The van der Waals surface area contributed by atoms with Gasteiger partial charge >= 0.3 is 0 Å². The van der Waals surface area contributed by atoms with Crippen LogP contribution in [0.2, 0.25) is 0 Å². The molecular weight excluding hydrogens is 222 g/mol. The molecule has 1 aromatic rings. The monoisotopic (exact) mass is 233 g/mol. The molecule has 3 aliphatic rings. The first-order valence-electron chi connectivity index (χ1n) is 6.02. The van der Waals surface area contributed by atoms with Crippen molar-refractivity contribution in [3.63, 3.8) is 0 Å². The van der Waals surface area contributed by atoms with E-state index in [0.717, 1.165) is 33.6 Å². The summed E-state index contributed by atoms with van der Waals surface area (Å²) in [6.45, 7) is 0. The normalized spacial score (nSPS) is 16.6. The second-order valence-corrected chi connectivity index (χ2v) is 4.57. The second-order valence-electron chi connectivity index (χ2n) is 4.57. The van der Waals surface area contributed by atoms with Gasteiger partial charge < -0.3 is 5.11 Å². The van der Waals surface area contributed by atoms with Gasteiger partial charge in [0.25, 0.3) is 0 Å². The first-order chi connectivity index (χ1) is 8.86. The Balaban J connectivity index is 2.11. The lowest BCUT2D eigenvalue weighted by atomic mass is 10.0. The van der Waals surface area contributed by atoms with Crippen molar-refractivity contribution in [2.24, 2.45) is 0 Å². The van der Waals surface area contributed by atoms with Crippen molar-refractivity contribution in [2.45, 2.75) is 6.10 Å². The molecule has 0 saturated carbocycles. The molecule has 2 aliphatic carbocycles. The van der Waals surface area contributed by atoms with Gasteiger partial charge in [-0.2, -0.15) is 0 Å². The quantitative estimate of drug-likeness (QED) is 0.646. The summed E-state index contributed by atoms with van der Waals surface area (Å²) < 4.78 is 0. The van der Waals surface area contributed by atoms with E-state index in [4.69, 9.17) is 0 Å². The van der Waals surface area contributed by atoms with Crippen LogP contribution in [0.25, 0.3) is 22.5 Å². The van der Waals surface area contributed by atoms with E-state index in [9.17, 15) is 5.11 Å². The summed E-state index contributed by atoms with van der Waals surface area (Å²) in [7, 11) is 0. The highest BCUT2D eigenvalue weighted by Crippen LogP contribution is 2.48. The molecule has 2 heteroatoms. The smallest absolute Gasteiger partial charge is 0.107 e. The highest BCUT2D eigenvalue weighted by Gasteiger charge is 2.33. The number of fused-ring (bicyclic) bond motifs is 5. The first kappa shape index (κ1) is 9.80. The SMILES string of the molecule is OC1c2ccccc2-c2nc3cccccc-3c21. The van der Waals surface area contributed by atoms with Gasteiger partial charge in [-0.05, 0) is 11.6 Å². The van der Waals surface area contributed by atoms with Gasteiger partial charge in [-0.3, -0.25) is 0 Å². The predicted molar refractivity (Wildman–Crippen MR) is 70.4 cm³/mol. The molecule has 18 heavy (non-hydrogen) atoms. The molecule has 1 aromatic carbocycles. The number of hydrogen-bond donors (Lipinski definition) is 1. The zero-order chi connectivity index (χ0) is 12.1. The van der Waals surface area contributed by atoms with Crippen LogP contribution in [0.15, 0.2) is 54.6 Å². The summed E-state index contributed by atoms with van der Waals surface area (Å²) in [6.07, 6.45) is -0.552. The Hall–Kier alpha value is -2.19. The predicted octanol–water partition coefficient (Wildman–Crippen LogP) is 3.25. The summed E-state index contributed by atoms with van der Waals surface area (Å²) in [5.41, 5.74) is 5.88. The summed E-state index contributed by atoms with van der Waals surface area (Å²) in [4.78, 5) is 4.66. The second kappa shape index (κ2) is 3.40.